The number of ether oxygens (including phenoxy) is 1. The number of morpholine rings is 1. The largest absolute Gasteiger partial charge is 0.374 e. The zero-order valence-corrected chi connectivity index (χ0v) is 11.9. The van der Waals surface area contributed by atoms with Crippen LogP contribution in [0.5, 0.6) is 0 Å². The molecular weight excluding hydrogens is 273 g/mol. The number of nitrogens with one attached hydrogen (secondary N) is 1. The monoisotopic (exact) mass is 291 g/mol. The van der Waals surface area contributed by atoms with Crippen molar-refractivity contribution in [3.05, 3.63) is 35.1 Å². The molecule has 1 amide bonds. The number of nitriles is 1. The Bertz CT molecular complexity index is 556. The highest BCUT2D eigenvalue weighted by Crippen LogP contribution is 2.15. The van der Waals surface area contributed by atoms with Gasteiger partial charge in [0.05, 0.1) is 24.3 Å². The first-order chi connectivity index (χ1) is 10.1. The predicted octanol–water partition coefficient (Wildman–Crippen LogP) is 1.03. The number of rotatable bonds is 4. The van der Waals surface area contributed by atoms with Crippen molar-refractivity contribution in [1.29, 1.82) is 5.26 Å². The van der Waals surface area contributed by atoms with Crippen molar-refractivity contribution in [3.8, 4) is 6.07 Å². The summed E-state index contributed by atoms with van der Waals surface area (Å²) in [6.07, 6.45) is -0.0927. The second-order valence-electron chi connectivity index (χ2n) is 5.08. The number of benzene rings is 1. The summed E-state index contributed by atoms with van der Waals surface area (Å²) in [5.41, 5.74) is 0.962. The molecule has 2 rings (SSSR count). The van der Waals surface area contributed by atoms with Gasteiger partial charge >= 0.3 is 0 Å². The van der Waals surface area contributed by atoms with Crippen molar-refractivity contribution in [1.82, 2.24) is 10.2 Å². The smallest absolute Gasteiger partial charge is 0.216 e. The van der Waals surface area contributed by atoms with Gasteiger partial charge in [-0.3, -0.25) is 9.69 Å². The van der Waals surface area contributed by atoms with E-state index in [1.165, 1.54) is 19.1 Å². The lowest BCUT2D eigenvalue weighted by atomic mass is 10.1. The van der Waals surface area contributed by atoms with Gasteiger partial charge in [-0.15, -0.1) is 0 Å². The maximum atomic E-state index is 13.8. The van der Waals surface area contributed by atoms with E-state index in [1.54, 1.807) is 6.07 Å². The summed E-state index contributed by atoms with van der Waals surface area (Å²) in [6, 6.07) is 6.39. The topological polar surface area (TPSA) is 65.4 Å². The lowest BCUT2D eigenvalue weighted by molar-refractivity contribution is -0.120. The lowest BCUT2D eigenvalue weighted by Crippen LogP contribution is -2.46. The number of hydrogen-bond donors (Lipinski definition) is 1. The van der Waals surface area contributed by atoms with E-state index in [4.69, 9.17) is 10.00 Å². The Balaban J connectivity index is 1.96. The molecule has 112 valence electrons. The number of hydrogen-bond acceptors (Lipinski definition) is 4. The van der Waals surface area contributed by atoms with Crippen molar-refractivity contribution in [2.45, 2.75) is 19.6 Å². The molecule has 1 aromatic rings. The average Bonchev–Trinajstić information content (AvgIpc) is 2.48. The molecule has 1 aromatic carbocycles. The Kier molecular flexibility index (Phi) is 5.26. The minimum atomic E-state index is -0.307. The minimum Gasteiger partial charge on any atom is -0.374 e. The maximum Gasteiger partial charge on any atom is 0.216 e. The zero-order valence-electron chi connectivity index (χ0n) is 11.9. The average molecular weight is 291 g/mol. The Morgan fingerprint density at radius 1 is 1.62 bits per heavy atom. The second-order valence-corrected chi connectivity index (χ2v) is 5.08. The molecule has 1 N–H and O–H groups in total. The molecule has 21 heavy (non-hydrogen) atoms. The summed E-state index contributed by atoms with van der Waals surface area (Å²) in [7, 11) is 0. The fourth-order valence-electron chi connectivity index (χ4n) is 2.31. The van der Waals surface area contributed by atoms with Crippen LogP contribution in [0.2, 0.25) is 0 Å². The van der Waals surface area contributed by atoms with Crippen molar-refractivity contribution in [3.63, 3.8) is 0 Å². The van der Waals surface area contributed by atoms with Crippen LogP contribution in [-0.4, -0.2) is 43.2 Å². The van der Waals surface area contributed by atoms with Gasteiger partial charge in [-0.1, -0.05) is 0 Å². The summed E-state index contributed by atoms with van der Waals surface area (Å²) in [5, 5.41) is 11.6. The molecule has 5 nitrogen and oxygen atoms in total. The van der Waals surface area contributed by atoms with E-state index in [-0.39, 0.29) is 17.8 Å². The minimum absolute atomic E-state index is 0.0927. The third-order valence-corrected chi connectivity index (χ3v) is 3.37. The number of halogens is 1. The molecule has 1 fully saturated rings. The molecule has 0 spiro atoms. The molecule has 1 unspecified atom stereocenters. The second kappa shape index (κ2) is 7.16. The van der Waals surface area contributed by atoms with Gasteiger partial charge in [0.1, 0.15) is 5.82 Å². The summed E-state index contributed by atoms with van der Waals surface area (Å²) in [5.74, 6) is -0.401. The van der Waals surface area contributed by atoms with Gasteiger partial charge in [-0.05, 0) is 18.2 Å². The molecule has 6 heteroatoms. The van der Waals surface area contributed by atoms with E-state index in [2.05, 4.69) is 10.2 Å². The van der Waals surface area contributed by atoms with Crippen LogP contribution < -0.4 is 5.32 Å². The maximum absolute atomic E-state index is 13.8. The molecule has 1 atom stereocenters. The fraction of sp³-hybridized carbons (Fsp3) is 0.467. The molecule has 1 heterocycles. The van der Waals surface area contributed by atoms with Crippen LogP contribution in [-0.2, 0) is 16.1 Å². The number of nitrogens with zero attached hydrogens (tertiary/aromatic N) is 2. The van der Waals surface area contributed by atoms with Gasteiger partial charge in [0.25, 0.3) is 0 Å². The first-order valence-corrected chi connectivity index (χ1v) is 6.85. The van der Waals surface area contributed by atoms with Crippen LogP contribution in [0.4, 0.5) is 4.39 Å². The van der Waals surface area contributed by atoms with Crippen LogP contribution in [0, 0.1) is 17.1 Å². The van der Waals surface area contributed by atoms with Gasteiger partial charge in [-0.25, -0.2) is 4.39 Å². The van der Waals surface area contributed by atoms with Crippen LogP contribution >= 0.6 is 0 Å². The molecule has 0 aliphatic carbocycles. The predicted molar refractivity (Wildman–Crippen MR) is 74.8 cm³/mol. The highest BCUT2D eigenvalue weighted by atomic mass is 19.1. The number of carbonyl (C=O) groups excluding carboxylic acids is 1. The van der Waals surface area contributed by atoms with Gasteiger partial charge < -0.3 is 10.1 Å². The van der Waals surface area contributed by atoms with Crippen LogP contribution in [0.1, 0.15) is 18.1 Å². The van der Waals surface area contributed by atoms with Crippen molar-refractivity contribution < 1.29 is 13.9 Å². The number of carbonyl (C=O) groups is 1. The van der Waals surface area contributed by atoms with Crippen LogP contribution in [0.25, 0.3) is 0 Å². The number of amides is 1. The molecule has 0 bridgehead atoms. The van der Waals surface area contributed by atoms with Gasteiger partial charge in [0.2, 0.25) is 5.91 Å². The Morgan fingerprint density at radius 3 is 3.14 bits per heavy atom. The van der Waals surface area contributed by atoms with Crippen LogP contribution in [0.15, 0.2) is 18.2 Å². The first kappa shape index (κ1) is 15.4. The van der Waals surface area contributed by atoms with E-state index in [0.717, 1.165) is 0 Å². The molecule has 1 saturated heterocycles. The molecular formula is C15H18FN3O2. The SMILES string of the molecule is CC(=O)NCC1CN(Cc2cc(C#N)ccc2F)CCO1. The first-order valence-electron chi connectivity index (χ1n) is 6.85. The lowest BCUT2D eigenvalue weighted by Gasteiger charge is -2.33. The summed E-state index contributed by atoms with van der Waals surface area (Å²) in [4.78, 5) is 13.0. The molecule has 0 radical (unpaired) electrons. The molecule has 1 aliphatic rings. The third-order valence-electron chi connectivity index (χ3n) is 3.37. The highest BCUT2D eigenvalue weighted by molar-refractivity contribution is 5.72. The Labute approximate surface area is 123 Å². The van der Waals surface area contributed by atoms with Crippen molar-refractivity contribution >= 4 is 5.91 Å². The van der Waals surface area contributed by atoms with Crippen molar-refractivity contribution in [2.75, 3.05) is 26.2 Å². The Hall–Kier alpha value is -1.97. The van der Waals surface area contributed by atoms with E-state index in [9.17, 15) is 9.18 Å². The van der Waals surface area contributed by atoms with Gasteiger partial charge in [0.15, 0.2) is 0 Å². The fourth-order valence-corrected chi connectivity index (χ4v) is 2.31. The standard InChI is InChI=1S/C15H18FN3O2/c1-11(20)18-8-14-10-19(4-5-21-14)9-13-6-12(7-17)2-3-15(13)16/h2-3,6,14H,4-5,8-10H2,1H3,(H,18,20). The summed E-state index contributed by atoms with van der Waals surface area (Å²) in [6.45, 7) is 4.21. The summed E-state index contributed by atoms with van der Waals surface area (Å²) < 4.78 is 19.4. The van der Waals surface area contributed by atoms with Gasteiger partial charge in [-0.2, -0.15) is 5.26 Å². The highest BCUT2D eigenvalue weighted by Gasteiger charge is 2.21. The van der Waals surface area contributed by atoms with Crippen LogP contribution in [0.3, 0.4) is 0 Å². The normalized spacial score (nSPS) is 19.0. The van der Waals surface area contributed by atoms with Gasteiger partial charge in [0, 0.05) is 38.7 Å². The van der Waals surface area contributed by atoms with E-state index < -0.39 is 0 Å². The molecule has 0 saturated carbocycles. The van der Waals surface area contributed by atoms with E-state index in [1.807, 2.05) is 6.07 Å². The molecule has 0 aromatic heterocycles. The molecule has 1 aliphatic heterocycles. The summed E-state index contributed by atoms with van der Waals surface area (Å²) >= 11 is 0. The van der Waals surface area contributed by atoms with E-state index >= 15 is 0 Å². The quantitative estimate of drug-likeness (QED) is 0.900. The van der Waals surface area contributed by atoms with Crippen molar-refractivity contribution in [2.24, 2.45) is 0 Å². The Morgan fingerprint density at radius 2 is 2.43 bits per heavy atom. The third kappa shape index (κ3) is 4.52. The van der Waals surface area contributed by atoms with E-state index in [0.29, 0.717) is 43.9 Å². The zero-order chi connectivity index (χ0) is 15.2.